The highest BCUT2D eigenvalue weighted by Crippen LogP contribution is 2.38. The molecular weight excluding hydrogens is 282 g/mol. The van der Waals surface area contributed by atoms with Gasteiger partial charge in [-0.3, -0.25) is 0 Å². The van der Waals surface area contributed by atoms with Gasteiger partial charge in [-0.2, -0.15) is 0 Å². The zero-order chi connectivity index (χ0) is 14.2. The van der Waals surface area contributed by atoms with Crippen LogP contribution >= 0.6 is 11.8 Å². The van der Waals surface area contributed by atoms with Crippen molar-refractivity contribution in [1.82, 2.24) is 0 Å². The van der Waals surface area contributed by atoms with Crippen LogP contribution in [0.4, 0.5) is 0 Å². The summed E-state index contributed by atoms with van der Waals surface area (Å²) in [6, 6.07) is 17.7. The number of nitrogens with two attached hydrogens (primary N) is 1. The lowest BCUT2D eigenvalue weighted by Gasteiger charge is -2.28. The molecule has 0 spiro atoms. The third-order valence-corrected chi connectivity index (χ3v) is 4.85. The lowest BCUT2D eigenvalue weighted by Crippen LogP contribution is -2.35. The van der Waals surface area contributed by atoms with Crippen molar-refractivity contribution < 1.29 is 9.15 Å². The molecule has 0 bridgehead atoms. The number of fused-ring (bicyclic) bond motifs is 2. The van der Waals surface area contributed by atoms with Crippen molar-refractivity contribution in [2.24, 2.45) is 5.73 Å². The molecule has 1 aromatic heterocycles. The molecular formula is C17H15NO2S. The summed E-state index contributed by atoms with van der Waals surface area (Å²) in [5.41, 5.74) is 7.23. The minimum Gasteiger partial charge on any atom is -0.486 e. The minimum absolute atomic E-state index is 0.0783. The molecule has 0 saturated heterocycles. The van der Waals surface area contributed by atoms with Crippen LogP contribution in [-0.4, -0.2) is 11.9 Å². The molecule has 1 aliphatic heterocycles. The van der Waals surface area contributed by atoms with Crippen LogP contribution < -0.4 is 10.5 Å². The topological polar surface area (TPSA) is 48.4 Å². The maximum atomic E-state index is 6.36. The molecule has 0 fully saturated rings. The van der Waals surface area contributed by atoms with Gasteiger partial charge < -0.3 is 14.9 Å². The highest BCUT2D eigenvalue weighted by Gasteiger charge is 2.28. The molecule has 4 rings (SSSR count). The third-order valence-electron chi connectivity index (χ3n) is 3.70. The van der Waals surface area contributed by atoms with Crippen molar-refractivity contribution in [3.05, 3.63) is 60.4 Å². The Hall–Kier alpha value is -1.91. The number of rotatable bonds is 2. The second-order valence-corrected chi connectivity index (χ2v) is 6.19. The highest BCUT2D eigenvalue weighted by atomic mass is 32.2. The number of thioether (sulfide) groups is 1. The first-order chi connectivity index (χ1) is 10.3. The zero-order valence-electron chi connectivity index (χ0n) is 11.4. The van der Waals surface area contributed by atoms with Crippen LogP contribution in [0, 0.1) is 0 Å². The van der Waals surface area contributed by atoms with Gasteiger partial charge in [0.05, 0.1) is 0 Å². The van der Waals surface area contributed by atoms with Crippen molar-refractivity contribution in [3.63, 3.8) is 0 Å². The number of hydrogen-bond donors (Lipinski definition) is 1. The first-order valence-corrected chi connectivity index (χ1v) is 7.92. The fraction of sp³-hybridized carbons (Fsp3) is 0.176. The molecule has 1 aliphatic rings. The maximum Gasteiger partial charge on any atom is 0.134 e. The smallest absolute Gasteiger partial charge is 0.134 e. The summed E-state index contributed by atoms with van der Waals surface area (Å²) >= 11 is 1.78. The third kappa shape index (κ3) is 2.30. The molecule has 0 amide bonds. The number of furan rings is 1. The van der Waals surface area contributed by atoms with E-state index in [0.29, 0.717) is 0 Å². The van der Waals surface area contributed by atoms with E-state index >= 15 is 0 Å². The largest absolute Gasteiger partial charge is 0.486 e. The summed E-state index contributed by atoms with van der Waals surface area (Å²) in [5.74, 6) is 2.52. The van der Waals surface area contributed by atoms with Crippen molar-refractivity contribution >= 4 is 22.7 Å². The Morgan fingerprint density at radius 2 is 1.90 bits per heavy atom. The van der Waals surface area contributed by atoms with E-state index in [0.717, 1.165) is 28.2 Å². The molecule has 4 heteroatoms. The molecule has 2 heterocycles. The van der Waals surface area contributed by atoms with Gasteiger partial charge in [0.1, 0.15) is 29.2 Å². The lowest BCUT2D eigenvalue weighted by atomic mass is 10.1. The van der Waals surface area contributed by atoms with E-state index in [2.05, 4.69) is 6.07 Å². The maximum absolute atomic E-state index is 6.36. The number of ether oxygens (including phenoxy) is 1. The quantitative estimate of drug-likeness (QED) is 0.777. The Bertz CT molecular complexity index is 750. The van der Waals surface area contributed by atoms with E-state index in [-0.39, 0.29) is 12.1 Å². The van der Waals surface area contributed by atoms with Crippen LogP contribution in [0.15, 0.2) is 63.9 Å². The van der Waals surface area contributed by atoms with E-state index in [1.165, 1.54) is 4.90 Å². The Balaban J connectivity index is 1.62. The van der Waals surface area contributed by atoms with Gasteiger partial charge in [0.15, 0.2) is 0 Å². The SMILES string of the molecule is NC(c1cc2ccccc2o1)C1CSc2ccccc2O1. The summed E-state index contributed by atoms with van der Waals surface area (Å²) in [4.78, 5) is 1.17. The molecule has 3 nitrogen and oxygen atoms in total. The predicted octanol–water partition coefficient (Wildman–Crippen LogP) is 3.99. The van der Waals surface area contributed by atoms with Crippen LogP contribution in [0.25, 0.3) is 11.0 Å². The second-order valence-electron chi connectivity index (χ2n) is 5.13. The molecule has 0 aliphatic carbocycles. The van der Waals surface area contributed by atoms with Crippen LogP contribution in [0.3, 0.4) is 0 Å². The molecule has 106 valence electrons. The molecule has 0 radical (unpaired) electrons. The van der Waals surface area contributed by atoms with Gasteiger partial charge in [-0.25, -0.2) is 0 Å². The van der Waals surface area contributed by atoms with E-state index in [1.807, 2.05) is 48.5 Å². The molecule has 0 saturated carbocycles. The Morgan fingerprint density at radius 3 is 2.81 bits per heavy atom. The van der Waals surface area contributed by atoms with Gasteiger partial charge in [-0.15, -0.1) is 11.8 Å². The van der Waals surface area contributed by atoms with Crippen LogP contribution in [0.1, 0.15) is 11.8 Å². The standard InChI is InChI=1S/C17H15NO2S/c18-17(14-9-11-5-1-2-6-12(11)19-14)15-10-21-16-8-4-3-7-13(16)20-15/h1-9,15,17H,10,18H2. The first-order valence-electron chi connectivity index (χ1n) is 6.94. The predicted molar refractivity (Wildman–Crippen MR) is 84.7 cm³/mol. The van der Waals surface area contributed by atoms with Crippen molar-refractivity contribution in [1.29, 1.82) is 0 Å². The summed E-state index contributed by atoms with van der Waals surface area (Å²) < 4.78 is 11.9. The van der Waals surface area contributed by atoms with Gasteiger partial charge in [-0.05, 0) is 24.3 Å². The molecule has 3 aromatic rings. The summed E-state index contributed by atoms with van der Waals surface area (Å²) in [6.45, 7) is 0. The lowest BCUT2D eigenvalue weighted by molar-refractivity contribution is 0.175. The van der Waals surface area contributed by atoms with E-state index in [1.54, 1.807) is 11.8 Å². The summed E-state index contributed by atoms with van der Waals surface area (Å²) in [6.07, 6.45) is -0.0783. The van der Waals surface area contributed by atoms with Crippen LogP contribution in [0.2, 0.25) is 0 Å². The van der Waals surface area contributed by atoms with E-state index < -0.39 is 0 Å². The number of para-hydroxylation sites is 2. The average molecular weight is 297 g/mol. The Labute approximate surface area is 127 Å². The molecule has 2 unspecified atom stereocenters. The van der Waals surface area contributed by atoms with Gasteiger partial charge >= 0.3 is 0 Å². The first kappa shape index (κ1) is 12.8. The summed E-state index contributed by atoms with van der Waals surface area (Å²) in [5, 5.41) is 1.08. The molecule has 2 N–H and O–H groups in total. The second kappa shape index (κ2) is 5.13. The van der Waals surface area contributed by atoms with Gasteiger partial charge in [-0.1, -0.05) is 30.3 Å². The van der Waals surface area contributed by atoms with E-state index in [4.69, 9.17) is 14.9 Å². The van der Waals surface area contributed by atoms with Crippen molar-refractivity contribution in [2.75, 3.05) is 5.75 Å². The molecule has 2 atom stereocenters. The summed E-state index contributed by atoms with van der Waals surface area (Å²) in [7, 11) is 0. The van der Waals surface area contributed by atoms with Crippen molar-refractivity contribution in [2.45, 2.75) is 17.0 Å². The Morgan fingerprint density at radius 1 is 1.10 bits per heavy atom. The number of hydrogen-bond acceptors (Lipinski definition) is 4. The minimum atomic E-state index is -0.266. The monoisotopic (exact) mass is 297 g/mol. The van der Waals surface area contributed by atoms with Crippen molar-refractivity contribution in [3.8, 4) is 5.75 Å². The fourth-order valence-corrected chi connectivity index (χ4v) is 3.62. The average Bonchev–Trinajstić information content (AvgIpc) is 2.97. The van der Waals surface area contributed by atoms with Gasteiger partial charge in [0.2, 0.25) is 0 Å². The molecule has 2 aromatic carbocycles. The fourth-order valence-electron chi connectivity index (χ4n) is 2.56. The number of benzene rings is 2. The highest BCUT2D eigenvalue weighted by molar-refractivity contribution is 7.99. The normalized spacial score (nSPS) is 19.0. The molecule has 21 heavy (non-hydrogen) atoms. The van der Waals surface area contributed by atoms with Crippen LogP contribution in [-0.2, 0) is 0 Å². The van der Waals surface area contributed by atoms with Gasteiger partial charge in [0, 0.05) is 16.0 Å². The zero-order valence-corrected chi connectivity index (χ0v) is 12.2. The van der Waals surface area contributed by atoms with Gasteiger partial charge in [0.25, 0.3) is 0 Å². The van der Waals surface area contributed by atoms with E-state index in [9.17, 15) is 0 Å². The van der Waals surface area contributed by atoms with Crippen LogP contribution in [0.5, 0.6) is 5.75 Å². The Kier molecular flexibility index (Phi) is 3.13.